The first-order chi connectivity index (χ1) is 12.0. The number of hydrogen-bond acceptors (Lipinski definition) is 4. The van der Waals surface area contributed by atoms with E-state index in [1.165, 1.54) is 11.7 Å². The highest BCUT2D eigenvalue weighted by Gasteiger charge is 2.21. The maximum Gasteiger partial charge on any atom is 0.264 e. The lowest BCUT2D eigenvalue weighted by atomic mass is 10.1. The van der Waals surface area contributed by atoms with E-state index in [1.807, 2.05) is 6.07 Å². The number of benzene rings is 1. The Labute approximate surface area is 144 Å². The van der Waals surface area contributed by atoms with Crippen molar-refractivity contribution < 1.29 is 14.3 Å². The minimum absolute atomic E-state index is 0.0703. The van der Waals surface area contributed by atoms with Gasteiger partial charge in [0, 0.05) is 18.3 Å². The molecule has 2 heterocycles. The zero-order chi connectivity index (χ0) is 18.1. The molecule has 25 heavy (non-hydrogen) atoms. The van der Waals surface area contributed by atoms with Crippen molar-refractivity contribution in [2.75, 3.05) is 7.11 Å². The van der Waals surface area contributed by atoms with Gasteiger partial charge in [0.2, 0.25) is 0 Å². The molecule has 1 aromatic carbocycles. The minimum Gasteiger partial charge on any atom is -0.494 e. The Morgan fingerprint density at radius 1 is 1.24 bits per heavy atom. The summed E-state index contributed by atoms with van der Waals surface area (Å²) in [4.78, 5) is 36.8. The maximum absolute atomic E-state index is 13.0. The van der Waals surface area contributed by atoms with E-state index in [1.54, 1.807) is 48.9 Å². The molecule has 6 nitrogen and oxygen atoms in total. The van der Waals surface area contributed by atoms with Crippen LogP contribution in [0.15, 0.2) is 41.2 Å². The fourth-order valence-electron chi connectivity index (χ4n) is 3.04. The molecule has 0 atom stereocenters. The van der Waals surface area contributed by atoms with E-state index in [9.17, 15) is 14.4 Å². The van der Waals surface area contributed by atoms with Crippen LogP contribution in [0.2, 0.25) is 0 Å². The van der Waals surface area contributed by atoms with Gasteiger partial charge < -0.3 is 13.9 Å². The molecule has 6 heteroatoms. The van der Waals surface area contributed by atoms with Crippen molar-refractivity contribution >= 4 is 23.0 Å². The Kier molecular flexibility index (Phi) is 4.27. The van der Waals surface area contributed by atoms with Crippen molar-refractivity contribution in [1.29, 1.82) is 0 Å². The third kappa shape index (κ3) is 2.65. The first-order valence-corrected chi connectivity index (χ1v) is 7.79. The molecule has 0 bridgehead atoms. The summed E-state index contributed by atoms with van der Waals surface area (Å²) in [6.07, 6.45) is 0.660. The van der Waals surface area contributed by atoms with E-state index < -0.39 is 0 Å². The Hall–Kier alpha value is -3.15. The fourth-order valence-corrected chi connectivity index (χ4v) is 3.04. The highest BCUT2D eigenvalue weighted by molar-refractivity contribution is 5.98. The molecule has 3 rings (SSSR count). The van der Waals surface area contributed by atoms with Gasteiger partial charge in [-0.15, -0.1) is 0 Å². The average molecular weight is 338 g/mol. The average Bonchev–Trinajstić information content (AvgIpc) is 2.90. The number of carbonyl (C=O) groups excluding carboxylic acids is 2. The van der Waals surface area contributed by atoms with Crippen LogP contribution in [0.3, 0.4) is 0 Å². The Morgan fingerprint density at radius 2 is 1.92 bits per heavy atom. The van der Waals surface area contributed by atoms with Gasteiger partial charge >= 0.3 is 0 Å². The Balaban J connectivity index is 2.19. The van der Waals surface area contributed by atoms with Crippen molar-refractivity contribution in [3.8, 4) is 5.75 Å². The van der Waals surface area contributed by atoms with Crippen LogP contribution in [0, 0.1) is 6.92 Å². The van der Waals surface area contributed by atoms with Gasteiger partial charge in [-0.2, -0.15) is 0 Å². The summed E-state index contributed by atoms with van der Waals surface area (Å²) in [5.41, 5.74) is 1.73. The monoisotopic (exact) mass is 338 g/mol. The second-order valence-electron chi connectivity index (χ2n) is 5.82. The number of carbonyl (C=O) groups is 2. The smallest absolute Gasteiger partial charge is 0.264 e. The topological polar surface area (TPSA) is 70.3 Å². The number of pyridine rings is 1. The van der Waals surface area contributed by atoms with Gasteiger partial charge in [0.05, 0.1) is 19.2 Å². The lowest BCUT2D eigenvalue weighted by molar-refractivity contribution is 0.0969. The summed E-state index contributed by atoms with van der Waals surface area (Å²) in [6.45, 7) is 1.69. The second kappa shape index (κ2) is 6.39. The summed E-state index contributed by atoms with van der Waals surface area (Å²) in [5, 5.41) is 0.304. The quantitative estimate of drug-likeness (QED) is 0.529. The second-order valence-corrected chi connectivity index (χ2v) is 5.82. The summed E-state index contributed by atoms with van der Waals surface area (Å²) in [5.74, 6) is 0.0778. The third-order valence-electron chi connectivity index (χ3n) is 4.38. The Morgan fingerprint density at radius 3 is 2.52 bits per heavy atom. The molecular formula is C19H18N2O4. The lowest BCUT2D eigenvalue weighted by Gasteiger charge is -2.10. The van der Waals surface area contributed by atoms with E-state index >= 15 is 0 Å². The lowest BCUT2D eigenvalue weighted by Crippen LogP contribution is -2.26. The summed E-state index contributed by atoms with van der Waals surface area (Å²) < 4.78 is 8.32. The van der Waals surface area contributed by atoms with Crippen molar-refractivity contribution in [2.45, 2.75) is 13.5 Å². The van der Waals surface area contributed by atoms with Gasteiger partial charge in [-0.3, -0.25) is 14.4 Å². The van der Waals surface area contributed by atoms with Crippen LogP contribution < -0.4 is 10.3 Å². The number of rotatable bonds is 5. The van der Waals surface area contributed by atoms with Crippen LogP contribution in [-0.2, 0) is 13.6 Å². The van der Waals surface area contributed by atoms with E-state index in [0.717, 1.165) is 0 Å². The molecule has 0 N–H and O–H groups in total. The third-order valence-corrected chi connectivity index (χ3v) is 4.38. The summed E-state index contributed by atoms with van der Waals surface area (Å²) >= 11 is 0. The number of nitrogens with zero attached hydrogens (tertiary/aromatic N) is 2. The molecule has 0 saturated carbocycles. The van der Waals surface area contributed by atoms with Crippen LogP contribution >= 0.6 is 0 Å². The molecule has 0 aliphatic rings. The molecular weight excluding hydrogens is 320 g/mol. The summed E-state index contributed by atoms with van der Waals surface area (Å²) in [7, 11) is 3.12. The first-order valence-electron chi connectivity index (χ1n) is 7.79. The standard InChI is InChI=1S/C19H18N2O4/c1-12-9-14-17(18(25-3)15(11-22)20(14)2)19(24)21(12)10-16(23)13-7-5-4-6-8-13/h4-9,11H,10H2,1-3H3. The number of aldehydes is 1. The number of methoxy groups -OCH3 is 1. The number of ketones is 1. The molecule has 0 radical (unpaired) electrons. The van der Waals surface area contributed by atoms with Crippen LogP contribution in [0.4, 0.5) is 0 Å². The number of ether oxygens (including phenoxy) is 1. The van der Waals surface area contributed by atoms with Crippen molar-refractivity contribution in [3.05, 3.63) is 63.7 Å². The van der Waals surface area contributed by atoms with Gasteiger partial charge in [-0.25, -0.2) is 0 Å². The van der Waals surface area contributed by atoms with Crippen LogP contribution in [0.1, 0.15) is 26.5 Å². The molecule has 128 valence electrons. The largest absolute Gasteiger partial charge is 0.494 e. The SMILES string of the molecule is COc1c(C=O)n(C)c2cc(C)n(CC(=O)c3ccccc3)c(=O)c12. The van der Waals surface area contributed by atoms with Gasteiger partial charge in [-0.1, -0.05) is 30.3 Å². The number of Topliss-reactive ketones (excluding diaryl/α,β-unsaturated/α-hetero) is 1. The molecule has 0 aliphatic carbocycles. The van der Waals surface area contributed by atoms with Crippen molar-refractivity contribution in [3.63, 3.8) is 0 Å². The molecule has 0 amide bonds. The normalized spacial score (nSPS) is 10.8. The molecule has 2 aromatic heterocycles. The maximum atomic E-state index is 13.0. The number of hydrogen-bond donors (Lipinski definition) is 0. The van der Waals surface area contributed by atoms with Gasteiger partial charge in [0.15, 0.2) is 17.8 Å². The van der Waals surface area contributed by atoms with Crippen LogP contribution in [0.25, 0.3) is 10.9 Å². The van der Waals surface area contributed by atoms with Gasteiger partial charge in [0.25, 0.3) is 5.56 Å². The minimum atomic E-state index is -0.347. The highest BCUT2D eigenvalue weighted by Crippen LogP contribution is 2.29. The van der Waals surface area contributed by atoms with Crippen LogP contribution in [0.5, 0.6) is 5.75 Å². The van der Waals surface area contributed by atoms with Gasteiger partial charge in [-0.05, 0) is 13.0 Å². The summed E-state index contributed by atoms with van der Waals surface area (Å²) in [6, 6.07) is 10.6. The molecule has 0 aliphatic heterocycles. The van der Waals surface area contributed by atoms with Crippen LogP contribution in [-0.4, -0.2) is 28.3 Å². The first kappa shape index (κ1) is 16.7. The molecule has 0 saturated heterocycles. The number of aromatic nitrogens is 2. The van der Waals surface area contributed by atoms with Gasteiger partial charge in [0.1, 0.15) is 11.1 Å². The fraction of sp³-hybridized carbons (Fsp3) is 0.211. The molecule has 0 fully saturated rings. The molecule has 0 unspecified atom stereocenters. The number of fused-ring (bicyclic) bond motifs is 1. The van der Waals surface area contributed by atoms with E-state index in [-0.39, 0.29) is 23.6 Å². The molecule has 3 aromatic rings. The van der Waals surface area contributed by atoms with Crippen molar-refractivity contribution in [2.24, 2.45) is 7.05 Å². The van der Waals surface area contributed by atoms with Crippen molar-refractivity contribution in [1.82, 2.24) is 9.13 Å². The highest BCUT2D eigenvalue weighted by atomic mass is 16.5. The predicted molar refractivity (Wildman–Crippen MR) is 94.6 cm³/mol. The Bertz CT molecular complexity index is 1030. The zero-order valence-corrected chi connectivity index (χ0v) is 14.3. The zero-order valence-electron chi connectivity index (χ0n) is 14.3. The molecule has 0 spiro atoms. The van der Waals surface area contributed by atoms with E-state index in [2.05, 4.69) is 0 Å². The number of aryl methyl sites for hydroxylation is 2. The van der Waals surface area contributed by atoms with E-state index in [0.29, 0.717) is 34.1 Å². The predicted octanol–water partition coefficient (Wildman–Crippen LogP) is 2.35. The van der Waals surface area contributed by atoms with E-state index in [4.69, 9.17) is 4.74 Å².